The molecule has 39 heavy (non-hydrogen) atoms. The van der Waals surface area contributed by atoms with Gasteiger partial charge >= 0.3 is 11.9 Å². The van der Waals surface area contributed by atoms with E-state index in [4.69, 9.17) is 23.7 Å². The third-order valence-corrected chi connectivity index (χ3v) is 10.2. The minimum absolute atomic E-state index is 0.243. The van der Waals surface area contributed by atoms with Crippen molar-refractivity contribution in [1.82, 2.24) is 0 Å². The third-order valence-electron chi connectivity index (χ3n) is 10.2. The van der Waals surface area contributed by atoms with E-state index in [2.05, 4.69) is 6.58 Å². The maximum Gasteiger partial charge on any atom is 0.314 e. The molecule has 12 atom stereocenters. The lowest BCUT2D eigenvalue weighted by atomic mass is 9.53. The van der Waals surface area contributed by atoms with Crippen molar-refractivity contribution in [3.05, 3.63) is 59.7 Å². The van der Waals surface area contributed by atoms with Crippen LogP contribution in [0.25, 0.3) is 0 Å². The Morgan fingerprint density at radius 1 is 1.13 bits per heavy atom. The van der Waals surface area contributed by atoms with Crippen LogP contribution in [0.15, 0.2) is 54.1 Å². The summed E-state index contributed by atoms with van der Waals surface area (Å²) in [6, 6.07) is 8.99. The summed E-state index contributed by atoms with van der Waals surface area (Å²) in [5, 5.41) is 34.4. The molecule has 3 saturated heterocycles. The molecule has 2 saturated carbocycles. The van der Waals surface area contributed by atoms with E-state index < -0.39 is 88.9 Å². The van der Waals surface area contributed by atoms with Gasteiger partial charge in [0.15, 0.2) is 17.0 Å². The smallest absolute Gasteiger partial charge is 0.314 e. The third kappa shape index (κ3) is 2.58. The van der Waals surface area contributed by atoms with Crippen LogP contribution in [0.4, 0.5) is 0 Å². The monoisotopic (exact) mass is 540 g/mol. The molecule has 0 radical (unpaired) electrons. The molecule has 6 aliphatic rings. The Bertz CT molecular complexity index is 1340. The van der Waals surface area contributed by atoms with Crippen LogP contribution in [0.1, 0.15) is 33.3 Å². The number of aliphatic hydroxyl groups is 3. The van der Waals surface area contributed by atoms with E-state index in [0.29, 0.717) is 11.1 Å². The molecule has 3 aliphatic heterocycles. The lowest BCUT2D eigenvalue weighted by Gasteiger charge is -2.61. The van der Waals surface area contributed by atoms with Crippen LogP contribution in [0.5, 0.6) is 0 Å². The number of hydrogen-bond acceptors (Lipinski definition) is 10. The van der Waals surface area contributed by atoms with Crippen molar-refractivity contribution in [3.63, 3.8) is 0 Å². The van der Waals surface area contributed by atoms with Crippen LogP contribution in [0.2, 0.25) is 0 Å². The molecule has 1 aromatic rings. The highest BCUT2D eigenvalue weighted by atomic mass is 16.9. The summed E-state index contributed by atoms with van der Waals surface area (Å²) >= 11 is 0. The molecule has 0 aromatic heterocycles. The number of benzene rings is 1. The number of fused-ring (bicyclic) bond motifs is 3. The molecule has 1 aromatic carbocycles. The Kier molecular flexibility index (Phi) is 4.87. The topological polar surface area (TPSA) is 144 Å². The van der Waals surface area contributed by atoms with Gasteiger partial charge in [-0.25, -0.2) is 0 Å². The summed E-state index contributed by atoms with van der Waals surface area (Å²) in [6.45, 7) is 10.0. The van der Waals surface area contributed by atoms with Gasteiger partial charge < -0.3 is 39.0 Å². The Morgan fingerprint density at radius 3 is 2.44 bits per heavy atom. The number of ether oxygens (including phenoxy) is 5. The standard InChI is InChI=1S/C29H32O10/c1-13(2)27-21(35-16(5)31)15(4)28-18-11-14(3)20(32)26(18,34)24(33)25(12-30)22(36-25)19(28)23(27)37-29(38-27,39-28)17-9-7-6-8-10-17/h6-11,15,18-19,21-24,30,33-34H,1,12H2,2-5H3. The second kappa shape index (κ2) is 7.44. The molecule has 5 fully saturated rings. The number of ketones is 1. The minimum Gasteiger partial charge on any atom is -0.459 e. The first kappa shape index (κ1) is 25.5. The normalized spacial score (nSPS) is 52.3. The van der Waals surface area contributed by atoms with E-state index in [0.717, 1.165) is 0 Å². The quantitative estimate of drug-likeness (QED) is 0.286. The van der Waals surface area contributed by atoms with E-state index in [1.807, 2.05) is 13.0 Å². The molecule has 3 bridgehead atoms. The zero-order valence-electron chi connectivity index (χ0n) is 22.1. The van der Waals surface area contributed by atoms with E-state index in [1.165, 1.54) is 6.92 Å². The highest BCUT2D eigenvalue weighted by Gasteiger charge is 2.90. The van der Waals surface area contributed by atoms with Gasteiger partial charge in [0.05, 0.1) is 12.2 Å². The highest BCUT2D eigenvalue weighted by Crippen LogP contribution is 2.74. The van der Waals surface area contributed by atoms with Gasteiger partial charge in [0.1, 0.15) is 30.0 Å². The lowest BCUT2D eigenvalue weighted by molar-refractivity contribution is -0.440. The number of rotatable bonds is 4. The molecule has 0 amide bonds. The molecule has 3 heterocycles. The SMILES string of the molecule is C=C(C)C12OC3(c4ccccc4)OC1C1C4OC4(CO)C(O)C4(O)C(=O)C(C)=CC4C1(O3)C(C)C2OC(C)=O. The van der Waals surface area contributed by atoms with Crippen LogP contribution < -0.4 is 0 Å². The maximum absolute atomic E-state index is 13.6. The molecule has 10 nitrogen and oxygen atoms in total. The van der Waals surface area contributed by atoms with Crippen LogP contribution in [-0.2, 0) is 39.2 Å². The van der Waals surface area contributed by atoms with Crippen molar-refractivity contribution in [1.29, 1.82) is 0 Å². The van der Waals surface area contributed by atoms with Gasteiger partial charge in [-0.1, -0.05) is 49.9 Å². The highest BCUT2D eigenvalue weighted by molar-refractivity contribution is 6.05. The first-order valence-electron chi connectivity index (χ1n) is 13.3. The first-order chi connectivity index (χ1) is 18.4. The van der Waals surface area contributed by atoms with Gasteiger partial charge in [-0.15, -0.1) is 0 Å². The lowest BCUT2D eigenvalue weighted by Crippen LogP contribution is -2.76. The van der Waals surface area contributed by atoms with Crippen LogP contribution in [0.3, 0.4) is 0 Å². The summed E-state index contributed by atoms with van der Waals surface area (Å²) in [4.78, 5) is 26.1. The Labute approximate surface area is 225 Å². The Hall–Kier alpha value is -2.44. The summed E-state index contributed by atoms with van der Waals surface area (Å²) in [6.07, 6.45) is -2.91. The Balaban J connectivity index is 1.57. The second-order valence-electron chi connectivity index (χ2n) is 12.0. The Morgan fingerprint density at radius 2 is 1.82 bits per heavy atom. The van der Waals surface area contributed by atoms with E-state index in [1.54, 1.807) is 44.2 Å². The van der Waals surface area contributed by atoms with Crippen molar-refractivity contribution < 1.29 is 48.6 Å². The van der Waals surface area contributed by atoms with Gasteiger partial charge in [0.2, 0.25) is 0 Å². The van der Waals surface area contributed by atoms with Crippen molar-refractivity contribution >= 4 is 11.8 Å². The predicted octanol–water partition coefficient (Wildman–Crippen LogP) is 0.874. The number of epoxide rings is 1. The van der Waals surface area contributed by atoms with E-state index >= 15 is 0 Å². The summed E-state index contributed by atoms with van der Waals surface area (Å²) in [5.41, 5.74) is -5.65. The molecule has 12 unspecified atom stereocenters. The van der Waals surface area contributed by atoms with E-state index in [-0.39, 0.29) is 5.57 Å². The van der Waals surface area contributed by atoms with Gasteiger partial charge in [-0.2, -0.15) is 0 Å². The van der Waals surface area contributed by atoms with Crippen molar-refractivity contribution in [2.75, 3.05) is 6.61 Å². The van der Waals surface area contributed by atoms with Gasteiger partial charge in [-0.3, -0.25) is 9.59 Å². The van der Waals surface area contributed by atoms with E-state index in [9.17, 15) is 24.9 Å². The van der Waals surface area contributed by atoms with Gasteiger partial charge in [0.25, 0.3) is 0 Å². The van der Waals surface area contributed by atoms with Crippen molar-refractivity contribution in [2.45, 2.75) is 80.5 Å². The number of Topliss-reactive ketones (excluding diaryl/α,β-unsaturated/α-hetero) is 1. The number of carbonyl (C=O) groups is 2. The van der Waals surface area contributed by atoms with Crippen molar-refractivity contribution in [3.8, 4) is 0 Å². The summed E-state index contributed by atoms with van der Waals surface area (Å²) < 4.78 is 32.6. The van der Waals surface area contributed by atoms with Crippen molar-refractivity contribution in [2.24, 2.45) is 17.8 Å². The molecule has 0 spiro atoms. The maximum atomic E-state index is 13.6. The average molecular weight is 541 g/mol. The molecule has 3 N–H and O–H groups in total. The number of esters is 1. The molecule has 7 rings (SSSR count). The zero-order valence-corrected chi connectivity index (χ0v) is 22.1. The van der Waals surface area contributed by atoms with Gasteiger partial charge in [-0.05, 0) is 25.0 Å². The molecule has 208 valence electrons. The van der Waals surface area contributed by atoms with Crippen LogP contribution in [0, 0.1) is 17.8 Å². The zero-order chi connectivity index (χ0) is 27.9. The minimum atomic E-state index is -2.39. The predicted molar refractivity (Wildman–Crippen MR) is 132 cm³/mol. The van der Waals surface area contributed by atoms with Crippen LogP contribution in [-0.4, -0.2) is 80.5 Å². The largest absolute Gasteiger partial charge is 0.459 e. The molecule has 10 heteroatoms. The molecule has 3 aliphatic carbocycles. The fourth-order valence-corrected chi connectivity index (χ4v) is 8.49. The first-order valence-corrected chi connectivity index (χ1v) is 13.3. The number of aliphatic hydroxyl groups excluding tert-OH is 2. The fourth-order valence-electron chi connectivity index (χ4n) is 8.49. The van der Waals surface area contributed by atoms with Crippen LogP contribution >= 0.6 is 0 Å². The molecular formula is C29H32O10. The average Bonchev–Trinajstić information content (AvgIpc) is 3.53. The molecular weight excluding hydrogens is 508 g/mol. The fraction of sp³-hybridized carbons (Fsp3) is 0.586. The van der Waals surface area contributed by atoms with Gasteiger partial charge in [0, 0.05) is 30.2 Å². The second-order valence-corrected chi connectivity index (χ2v) is 12.0. The number of hydrogen-bond donors (Lipinski definition) is 3. The summed E-state index contributed by atoms with van der Waals surface area (Å²) in [5.74, 6) is -5.64. The number of carbonyl (C=O) groups excluding carboxylic acids is 2. The summed E-state index contributed by atoms with van der Waals surface area (Å²) in [7, 11) is 0.